The highest BCUT2D eigenvalue weighted by atomic mass is 32.1. The molecule has 3 N–H and O–H groups in total. The maximum atomic E-state index is 11.7. The van der Waals surface area contributed by atoms with E-state index in [1.807, 2.05) is 36.4 Å². The second-order valence-corrected chi connectivity index (χ2v) is 5.04. The van der Waals surface area contributed by atoms with E-state index in [0.29, 0.717) is 9.70 Å². The monoisotopic (exact) mass is 284 g/mol. The number of para-hydroxylation sites is 1. The first kappa shape index (κ1) is 12.2. The Balaban J connectivity index is 2.22. The van der Waals surface area contributed by atoms with Crippen molar-refractivity contribution in [3.63, 3.8) is 0 Å². The van der Waals surface area contributed by atoms with Crippen molar-refractivity contribution in [2.75, 3.05) is 5.32 Å². The Labute approximate surface area is 116 Å². The Hall–Kier alpha value is -2.85. The van der Waals surface area contributed by atoms with Crippen molar-refractivity contribution in [2.45, 2.75) is 0 Å². The van der Waals surface area contributed by atoms with Crippen LogP contribution in [0.4, 0.5) is 10.7 Å². The molecule has 0 amide bonds. The molecule has 0 saturated heterocycles. The van der Waals surface area contributed by atoms with Gasteiger partial charge < -0.3 is 10.3 Å². The lowest BCUT2D eigenvalue weighted by molar-refractivity contribution is 1.09. The molecule has 0 saturated carbocycles. The number of fused-ring (bicyclic) bond motifs is 1. The summed E-state index contributed by atoms with van der Waals surface area (Å²) >= 11 is 1.13. The van der Waals surface area contributed by atoms with Gasteiger partial charge in [0.15, 0.2) is 0 Å². The quantitative estimate of drug-likeness (QED) is 0.668. The largest absolute Gasteiger partial charge is 0.346 e. The molecule has 0 aliphatic rings. The van der Waals surface area contributed by atoms with E-state index in [1.165, 1.54) is 0 Å². The lowest BCUT2D eigenvalue weighted by Gasteiger charge is -2.02. The van der Waals surface area contributed by atoms with Gasteiger partial charge in [-0.15, -0.1) is 11.3 Å². The summed E-state index contributed by atoms with van der Waals surface area (Å²) in [7, 11) is 0. The van der Waals surface area contributed by atoms with Crippen LogP contribution in [0.3, 0.4) is 0 Å². The van der Waals surface area contributed by atoms with Gasteiger partial charge >= 0.3 is 5.69 Å². The second kappa shape index (κ2) is 4.68. The molecule has 0 atom stereocenters. The van der Waals surface area contributed by atoms with Crippen molar-refractivity contribution in [1.82, 2.24) is 9.97 Å². The minimum Gasteiger partial charge on any atom is -0.346 e. The van der Waals surface area contributed by atoms with E-state index in [9.17, 15) is 14.9 Å². The SMILES string of the molecule is N#Cc1c(Nc2ccccc2)sc2c(=O)[nH]c(=O)[nH]c12. The van der Waals surface area contributed by atoms with E-state index in [0.717, 1.165) is 17.0 Å². The zero-order chi connectivity index (χ0) is 14.1. The van der Waals surface area contributed by atoms with Crippen LogP contribution < -0.4 is 16.6 Å². The molecule has 0 aliphatic carbocycles. The van der Waals surface area contributed by atoms with Gasteiger partial charge in [-0.1, -0.05) is 18.2 Å². The van der Waals surface area contributed by atoms with E-state index in [-0.39, 0.29) is 11.1 Å². The van der Waals surface area contributed by atoms with Crippen LogP contribution in [-0.4, -0.2) is 9.97 Å². The zero-order valence-electron chi connectivity index (χ0n) is 10.1. The zero-order valence-corrected chi connectivity index (χ0v) is 10.9. The van der Waals surface area contributed by atoms with Gasteiger partial charge in [-0.25, -0.2) is 4.79 Å². The van der Waals surface area contributed by atoms with Crippen LogP contribution in [0.25, 0.3) is 10.2 Å². The summed E-state index contributed by atoms with van der Waals surface area (Å²) in [6.45, 7) is 0. The van der Waals surface area contributed by atoms with E-state index in [2.05, 4.69) is 15.3 Å². The smallest absolute Gasteiger partial charge is 0.326 e. The number of H-pyrrole nitrogens is 2. The fraction of sp³-hybridized carbons (Fsp3) is 0. The third-order valence-electron chi connectivity index (χ3n) is 2.72. The number of nitrogens with one attached hydrogen (secondary N) is 3. The molecule has 98 valence electrons. The molecule has 20 heavy (non-hydrogen) atoms. The van der Waals surface area contributed by atoms with Gasteiger partial charge in [-0.3, -0.25) is 9.78 Å². The standard InChI is InChI=1S/C13H8N4O2S/c14-6-8-9-10(11(18)17-13(19)16-9)20-12(8)15-7-4-2-1-3-5-7/h1-5,15H,(H2,16,17,18,19). The molecule has 2 aromatic heterocycles. The van der Waals surface area contributed by atoms with Crippen molar-refractivity contribution in [1.29, 1.82) is 5.26 Å². The number of aromatic nitrogens is 2. The van der Waals surface area contributed by atoms with Crippen molar-refractivity contribution in [3.8, 4) is 6.07 Å². The van der Waals surface area contributed by atoms with Gasteiger partial charge in [0, 0.05) is 5.69 Å². The molecule has 0 aliphatic heterocycles. The van der Waals surface area contributed by atoms with Gasteiger partial charge in [-0.05, 0) is 12.1 Å². The Morgan fingerprint density at radius 2 is 1.90 bits per heavy atom. The first-order valence-corrected chi connectivity index (χ1v) is 6.52. The van der Waals surface area contributed by atoms with Crippen molar-refractivity contribution in [3.05, 3.63) is 56.7 Å². The summed E-state index contributed by atoms with van der Waals surface area (Å²) in [6.07, 6.45) is 0. The fourth-order valence-electron chi connectivity index (χ4n) is 1.86. The number of hydrogen-bond donors (Lipinski definition) is 3. The van der Waals surface area contributed by atoms with E-state index < -0.39 is 11.2 Å². The minimum atomic E-state index is -0.622. The average molecular weight is 284 g/mol. The molecule has 0 spiro atoms. The third-order valence-corrected chi connectivity index (χ3v) is 3.83. The third kappa shape index (κ3) is 1.98. The maximum Gasteiger partial charge on any atom is 0.326 e. The highest BCUT2D eigenvalue weighted by molar-refractivity contribution is 7.23. The molecule has 1 aromatic carbocycles. The number of nitrogens with zero attached hydrogens (tertiary/aromatic N) is 1. The van der Waals surface area contributed by atoms with Crippen LogP contribution in [0.2, 0.25) is 0 Å². The van der Waals surface area contributed by atoms with Gasteiger partial charge in [0.05, 0.1) is 5.52 Å². The normalized spacial score (nSPS) is 10.3. The predicted molar refractivity (Wildman–Crippen MR) is 77.5 cm³/mol. The number of thiophene rings is 1. The van der Waals surface area contributed by atoms with Crippen LogP contribution >= 0.6 is 11.3 Å². The van der Waals surface area contributed by atoms with Crippen molar-refractivity contribution >= 4 is 32.2 Å². The molecule has 0 radical (unpaired) electrons. The topological polar surface area (TPSA) is 102 Å². The molecular formula is C13H8N4O2S. The first-order chi connectivity index (χ1) is 9.69. The van der Waals surface area contributed by atoms with E-state index in [1.54, 1.807) is 0 Å². The maximum absolute atomic E-state index is 11.7. The van der Waals surface area contributed by atoms with E-state index in [4.69, 9.17) is 0 Å². The Morgan fingerprint density at radius 3 is 2.60 bits per heavy atom. The van der Waals surface area contributed by atoms with Crippen molar-refractivity contribution in [2.24, 2.45) is 0 Å². The summed E-state index contributed by atoms with van der Waals surface area (Å²) in [5, 5.41) is 12.9. The number of rotatable bonds is 2. The van der Waals surface area contributed by atoms with Gasteiger partial charge in [0.1, 0.15) is 21.3 Å². The summed E-state index contributed by atoms with van der Waals surface area (Å²) in [5.74, 6) is 0. The predicted octanol–water partition coefficient (Wildman–Crippen LogP) is 1.89. The molecule has 0 fully saturated rings. The minimum absolute atomic E-state index is 0.261. The molecule has 2 heterocycles. The fourth-order valence-corrected chi connectivity index (χ4v) is 2.88. The number of nitriles is 1. The van der Waals surface area contributed by atoms with Crippen LogP contribution in [-0.2, 0) is 0 Å². The van der Waals surface area contributed by atoms with Crippen molar-refractivity contribution < 1.29 is 0 Å². The lowest BCUT2D eigenvalue weighted by atomic mass is 10.2. The molecular weight excluding hydrogens is 276 g/mol. The molecule has 6 nitrogen and oxygen atoms in total. The molecule has 0 unspecified atom stereocenters. The van der Waals surface area contributed by atoms with Gasteiger partial charge in [0.25, 0.3) is 5.56 Å². The number of aromatic amines is 2. The van der Waals surface area contributed by atoms with Crippen LogP contribution in [0.15, 0.2) is 39.9 Å². The summed E-state index contributed by atoms with van der Waals surface area (Å²) < 4.78 is 0.319. The summed E-state index contributed by atoms with van der Waals surface area (Å²) in [4.78, 5) is 27.7. The molecule has 3 rings (SSSR count). The van der Waals surface area contributed by atoms with Gasteiger partial charge in [0.2, 0.25) is 0 Å². The van der Waals surface area contributed by atoms with Crippen LogP contribution in [0.1, 0.15) is 5.56 Å². The lowest BCUT2D eigenvalue weighted by Crippen LogP contribution is -2.20. The first-order valence-electron chi connectivity index (χ1n) is 5.70. The number of anilines is 2. The summed E-state index contributed by atoms with van der Waals surface area (Å²) in [5.41, 5.74) is 0.213. The Morgan fingerprint density at radius 1 is 1.15 bits per heavy atom. The molecule has 3 aromatic rings. The highest BCUT2D eigenvalue weighted by Gasteiger charge is 2.15. The molecule has 7 heteroatoms. The summed E-state index contributed by atoms with van der Waals surface area (Å²) in [6, 6.07) is 11.3. The van der Waals surface area contributed by atoms with Crippen LogP contribution in [0.5, 0.6) is 0 Å². The second-order valence-electron chi connectivity index (χ2n) is 4.02. The van der Waals surface area contributed by atoms with E-state index >= 15 is 0 Å². The Bertz CT molecular complexity index is 931. The highest BCUT2D eigenvalue weighted by Crippen LogP contribution is 2.33. The van der Waals surface area contributed by atoms with Gasteiger partial charge in [-0.2, -0.15) is 5.26 Å². The average Bonchev–Trinajstić information content (AvgIpc) is 2.77. The molecule has 0 bridgehead atoms. The van der Waals surface area contributed by atoms with Crippen LogP contribution in [0, 0.1) is 11.3 Å². The number of hydrogen-bond acceptors (Lipinski definition) is 5. The number of benzene rings is 1. The Kier molecular flexibility index (Phi) is 2.85.